The van der Waals surface area contributed by atoms with Crippen LogP contribution in [-0.4, -0.2) is 36.4 Å². The van der Waals surface area contributed by atoms with Crippen LogP contribution in [0.5, 0.6) is 5.75 Å². The monoisotopic (exact) mass is 507 g/mol. The molecule has 1 heterocycles. The van der Waals surface area contributed by atoms with Crippen LogP contribution in [0.4, 0.5) is 0 Å². The third-order valence-corrected chi connectivity index (χ3v) is 8.64. The second-order valence-corrected chi connectivity index (χ2v) is 11.0. The van der Waals surface area contributed by atoms with Gasteiger partial charge in [0.25, 0.3) is 0 Å². The number of thiophene rings is 1. The Balaban J connectivity index is 1.72. The van der Waals surface area contributed by atoms with Gasteiger partial charge >= 0.3 is 0 Å². The molecule has 0 saturated heterocycles. The maximum atomic E-state index is 13.8. The minimum Gasteiger partial charge on any atom is -0.493 e. The number of unbranched alkanes of at least 4 members (excludes halogenated alkanes) is 2. The Morgan fingerprint density at radius 2 is 1.61 bits per heavy atom. The number of hydrogen-bond donors (Lipinski definition) is 0. The number of carbonyl (C=O) groups excluding carboxylic acids is 1. The van der Waals surface area contributed by atoms with E-state index in [1.807, 2.05) is 36.4 Å². The van der Waals surface area contributed by atoms with Crippen molar-refractivity contribution in [1.82, 2.24) is 4.90 Å². The molecule has 4 heteroatoms. The average Bonchev–Trinajstić information content (AvgIpc) is 3.29. The van der Waals surface area contributed by atoms with Crippen molar-refractivity contribution in [2.24, 2.45) is 5.92 Å². The van der Waals surface area contributed by atoms with Crippen molar-refractivity contribution >= 4 is 27.2 Å². The number of fused-ring (bicyclic) bond motifs is 1. The molecule has 0 aliphatic carbocycles. The quantitative estimate of drug-likeness (QED) is 0.181. The number of carbonyl (C=O) groups is 1. The van der Waals surface area contributed by atoms with E-state index >= 15 is 0 Å². The molecule has 0 aliphatic rings. The van der Waals surface area contributed by atoms with Gasteiger partial charge in [-0.3, -0.25) is 4.79 Å². The molecule has 0 bridgehead atoms. The number of ether oxygens (including phenoxy) is 1. The van der Waals surface area contributed by atoms with Gasteiger partial charge in [0.1, 0.15) is 5.75 Å². The smallest absolute Gasteiger partial charge is 0.198 e. The SMILES string of the molecule is CCCCN(CCCC)C(CC)C(C)CCOc1ccccc1C(=O)c1c(CC)sc2ccccc12. The van der Waals surface area contributed by atoms with Gasteiger partial charge in [0.15, 0.2) is 5.78 Å². The van der Waals surface area contributed by atoms with Crippen LogP contribution in [0.15, 0.2) is 48.5 Å². The van der Waals surface area contributed by atoms with Gasteiger partial charge < -0.3 is 9.64 Å². The molecule has 0 saturated carbocycles. The lowest BCUT2D eigenvalue weighted by molar-refractivity contribution is 0.103. The molecule has 0 fully saturated rings. The highest BCUT2D eigenvalue weighted by molar-refractivity contribution is 7.19. The molecule has 3 nitrogen and oxygen atoms in total. The molecule has 36 heavy (non-hydrogen) atoms. The topological polar surface area (TPSA) is 29.5 Å². The lowest BCUT2D eigenvalue weighted by Gasteiger charge is -2.35. The Labute approximate surface area is 222 Å². The van der Waals surface area contributed by atoms with Crippen molar-refractivity contribution in [2.75, 3.05) is 19.7 Å². The molecule has 196 valence electrons. The zero-order valence-corrected chi connectivity index (χ0v) is 23.8. The van der Waals surface area contributed by atoms with E-state index in [2.05, 4.69) is 51.7 Å². The van der Waals surface area contributed by atoms with E-state index in [0.717, 1.165) is 35.1 Å². The third kappa shape index (κ3) is 6.98. The lowest BCUT2D eigenvalue weighted by Crippen LogP contribution is -2.41. The highest BCUT2D eigenvalue weighted by Gasteiger charge is 2.24. The van der Waals surface area contributed by atoms with E-state index in [9.17, 15) is 4.79 Å². The number of nitrogens with zero attached hydrogens (tertiary/aromatic N) is 1. The van der Waals surface area contributed by atoms with Crippen LogP contribution in [-0.2, 0) is 6.42 Å². The fraction of sp³-hybridized carbons (Fsp3) is 0.531. The third-order valence-electron chi connectivity index (χ3n) is 7.32. The Bertz CT molecular complexity index is 1080. The first-order chi connectivity index (χ1) is 17.5. The van der Waals surface area contributed by atoms with Crippen molar-refractivity contribution < 1.29 is 9.53 Å². The summed E-state index contributed by atoms with van der Waals surface area (Å²) in [5, 5.41) is 1.05. The van der Waals surface area contributed by atoms with Crippen LogP contribution in [0, 0.1) is 5.92 Å². The van der Waals surface area contributed by atoms with Crippen LogP contribution in [0.3, 0.4) is 0 Å². The summed E-state index contributed by atoms with van der Waals surface area (Å²) in [6.07, 6.45) is 7.99. The normalized spacial score (nSPS) is 13.3. The molecular formula is C32H45NO2S. The highest BCUT2D eigenvalue weighted by atomic mass is 32.1. The number of hydrogen-bond acceptors (Lipinski definition) is 4. The van der Waals surface area contributed by atoms with E-state index in [1.54, 1.807) is 11.3 Å². The molecule has 1 aromatic heterocycles. The second kappa shape index (κ2) is 14.5. The molecule has 0 aliphatic heterocycles. The first kappa shape index (κ1) is 28.4. The Morgan fingerprint density at radius 1 is 0.944 bits per heavy atom. The zero-order valence-electron chi connectivity index (χ0n) is 23.0. The number of rotatable bonds is 16. The Hall–Kier alpha value is -2.17. The number of para-hydroxylation sites is 1. The predicted molar refractivity (Wildman–Crippen MR) is 156 cm³/mol. The van der Waals surface area contributed by atoms with Crippen molar-refractivity contribution in [2.45, 2.75) is 85.6 Å². The Morgan fingerprint density at radius 3 is 2.28 bits per heavy atom. The van der Waals surface area contributed by atoms with Gasteiger partial charge in [0, 0.05) is 26.6 Å². The molecule has 3 aromatic rings. The summed E-state index contributed by atoms with van der Waals surface area (Å²) in [5.74, 6) is 1.32. The molecule has 0 amide bonds. The van der Waals surface area contributed by atoms with Gasteiger partial charge in [-0.1, -0.05) is 77.8 Å². The molecule has 0 spiro atoms. The van der Waals surface area contributed by atoms with Crippen LogP contribution in [0.25, 0.3) is 10.1 Å². The molecular weight excluding hydrogens is 462 g/mol. The summed E-state index contributed by atoms with van der Waals surface area (Å²) >= 11 is 1.73. The predicted octanol–water partition coefficient (Wildman–Crippen LogP) is 8.78. The second-order valence-electron chi connectivity index (χ2n) is 9.91. The van der Waals surface area contributed by atoms with Gasteiger partial charge in [-0.2, -0.15) is 0 Å². The molecule has 3 rings (SSSR count). The zero-order chi connectivity index (χ0) is 25.9. The van der Waals surface area contributed by atoms with Gasteiger partial charge in [-0.25, -0.2) is 0 Å². The van der Waals surface area contributed by atoms with Gasteiger partial charge in [-0.15, -0.1) is 11.3 Å². The van der Waals surface area contributed by atoms with Crippen molar-refractivity contribution in [3.05, 3.63) is 64.5 Å². The number of benzene rings is 2. The van der Waals surface area contributed by atoms with Crippen LogP contribution < -0.4 is 4.74 Å². The summed E-state index contributed by atoms with van der Waals surface area (Å²) in [7, 11) is 0. The molecule has 2 atom stereocenters. The van der Waals surface area contributed by atoms with Gasteiger partial charge in [-0.05, 0) is 69.3 Å². The summed E-state index contributed by atoms with van der Waals surface area (Å²) in [6, 6.07) is 16.6. The summed E-state index contributed by atoms with van der Waals surface area (Å²) in [6.45, 7) is 14.4. The van der Waals surface area contributed by atoms with Crippen molar-refractivity contribution in [3.63, 3.8) is 0 Å². The van der Waals surface area contributed by atoms with E-state index < -0.39 is 0 Å². The maximum absolute atomic E-state index is 13.8. The summed E-state index contributed by atoms with van der Waals surface area (Å²) in [4.78, 5) is 17.6. The standard InChI is InChI=1S/C32H45NO2S/c1-6-10-21-33(22-11-7-2)27(8-3)24(5)20-23-35-28-18-14-12-16-25(28)32(34)31-26-17-13-15-19-30(26)36-29(31)9-4/h12-19,24,27H,6-11,20-23H2,1-5H3. The van der Waals surface area contributed by atoms with E-state index in [0.29, 0.717) is 29.9 Å². The minimum absolute atomic E-state index is 0.0738. The highest BCUT2D eigenvalue weighted by Crippen LogP contribution is 2.35. The fourth-order valence-corrected chi connectivity index (χ4v) is 6.38. The number of ketones is 1. The van der Waals surface area contributed by atoms with Crippen LogP contribution >= 0.6 is 11.3 Å². The maximum Gasteiger partial charge on any atom is 0.198 e. The molecule has 0 radical (unpaired) electrons. The lowest BCUT2D eigenvalue weighted by atomic mass is 9.94. The van der Waals surface area contributed by atoms with E-state index in [-0.39, 0.29) is 5.78 Å². The van der Waals surface area contributed by atoms with E-state index in [4.69, 9.17) is 4.74 Å². The fourth-order valence-electron chi connectivity index (χ4n) is 5.24. The molecule has 0 N–H and O–H groups in total. The van der Waals surface area contributed by atoms with E-state index in [1.165, 1.54) is 43.5 Å². The van der Waals surface area contributed by atoms with Gasteiger partial charge in [0.05, 0.1) is 12.2 Å². The van der Waals surface area contributed by atoms with Crippen LogP contribution in [0.2, 0.25) is 0 Å². The van der Waals surface area contributed by atoms with Crippen molar-refractivity contribution in [1.29, 1.82) is 0 Å². The summed E-state index contributed by atoms with van der Waals surface area (Å²) < 4.78 is 7.49. The first-order valence-electron chi connectivity index (χ1n) is 14.1. The molecule has 2 aromatic carbocycles. The largest absolute Gasteiger partial charge is 0.493 e. The van der Waals surface area contributed by atoms with Gasteiger partial charge in [0.2, 0.25) is 0 Å². The Kier molecular flexibility index (Phi) is 11.5. The van der Waals surface area contributed by atoms with Crippen LogP contribution in [0.1, 0.15) is 93.9 Å². The van der Waals surface area contributed by atoms with Crippen molar-refractivity contribution in [3.8, 4) is 5.75 Å². The molecule has 2 unspecified atom stereocenters. The summed E-state index contributed by atoms with van der Waals surface area (Å²) in [5.41, 5.74) is 1.51. The minimum atomic E-state index is 0.0738. The number of aryl methyl sites for hydroxylation is 1. The first-order valence-corrected chi connectivity index (χ1v) is 14.9. The average molecular weight is 508 g/mol.